The van der Waals surface area contributed by atoms with Gasteiger partial charge in [-0.15, -0.1) is 11.3 Å². The Bertz CT molecular complexity index is 925. The molecular weight excluding hydrogens is 374 g/mol. The molecule has 1 amide bonds. The fraction of sp³-hybridized carbons (Fsp3) is 0.238. The number of methoxy groups -OCH3 is 2. The maximum atomic E-state index is 12.4. The molecule has 0 saturated carbocycles. The van der Waals surface area contributed by atoms with Gasteiger partial charge in [-0.2, -0.15) is 0 Å². The molecule has 0 bridgehead atoms. The summed E-state index contributed by atoms with van der Waals surface area (Å²) >= 11 is 1.42. The monoisotopic (exact) mass is 398 g/mol. The number of likely N-dealkylation sites (N-methyl/N-ethyl adjacent to an activating group) is 1. The summed E-state index contributed by atoms with van der Waals surface area (Å²) in [4.78, 5) is 18.0. The van der Waals surface area contributed by atoms with Crippen LogP contribution >= 0.6 is 11.3 Å². The molecule has 3 rings (SSSR count). The van der Waals surface area contributed by atoms with Gasteiger partial charge >= 0.3 is 0 Å². The van der Waals surface area contributed by atoms with Crippen molar-refractivity contribution in [3.05, 3.63) is 59.5 Å². The molecule has 0 aliphatic carbocycles. The molecule has 6 nitrogen and oxygen atoms in total. The Morgan fingerprint density at radius 3 is 2.57 bits per heavy atom. The molecule has 28 heavy (non-hydrogen) atoms. The van der Waals surface area contributed by atoms with Gasteiger partial charge in [0, 0.05) is 16.5 Å². The number of aromatic nitrogens is 1. The number of nitrogens with one attached hydrogen (secondary N) is 2. The van der Waals surface area contributed by atoms with Gasteiger partial charge in [0.15, 0.2) is 11.7 Å². The van der Waals surface area contributed by atoms with E-state index in [1.807, 2.05) is 61.0 Å². The zero-order chi connectivity index (χ0) is 19.9. The summed E-state index contributed by atoms with van der Waals surface area (Å²) in [5, 5.41) is 5.43. The van der Waals surface area contributed by atoms with E-state index in [9.17, 15) is 4.79 Å². The van der Waals surface area contributed by atoms with Crippen molar-refractivity contribution in [3.8, 4) is 22.8 Å². The van der Waals surface area contributed by atoms with Crippen molar-refractivity contribution in [1.29, 1.82) is 0 Å². The summed E-state index contributed by atoms with van der Waals surface area (Å²) in [5.74, 6) is 1.56. The number of hydrogen-bond donors (Lipinski definition) is 2. The van der Waals surface area contributed by atoms with Crippen molar-refractivity contribution in [1.82, 2.24) is 4.98 Å². The highest BCUT2D eigenvalue weighted by Gasteiger charge is 2.13. The first kappa shape index (κ1) is 19.9. The fourth-order valence-corrected chi connectivity index (χ4v) is 3.59. The van der Waals surface area contributed by atoms with Gasteiger partial charge < -0.3 is 14.4 Å². The Morgan fingerprint density at radius 2 is 1.86 bits per heavy atom. The number of hydrogen-bond acceptors (Lipinski definition) is 5. The smallest absolute Gasteiger partial charge is 0.281 e. The average Bonchev–Trinajstić information content (AvgIpc) is 3.16. The van der Waals surface area contributed by atoms with Crippen molar-refractivity contribution < 1.29 is 19.2 Å². The van der Waals surface area contributed by atoms with E-state index in [0.29, 0.717) is 11.7 Å². The Hall–Kier alpha value is -2.90. The lowest BCUT2D eigenvalue weighted by atomic mass is 10.2. The van der Waals surface area contributed by atoms with E-state index in [4.69, 9.17) is 9.47 Å². The predicted octanol–water partition coefficient (Wildman–Crippen LogP) is 2.48. The lowest BCUT2D eigenvalue weighted by molar-refractivity contribution is -0.885. The third-order valence-electron chi connectivity index (χ3n) is 4.24. The molecule has 0 aliphatic rings. The quantitative estimate of drug-likeness (QED) is 0.612. The van der Waals surface area contributed by atoms with E-state index >= 15 is 0 Å². The van der Waals surface area contributed by atoms with Crippen molar-refractivity contribution >= 4 is 22.4 Å². The molecule has 2 N–H and O–H groups in total. The molecule has 1 atom stereocenters. The van der Waals surface area contributed by atoms with Crippen LogP contribution in [-0.2, 0) is 11.3 Å². The summed E-state index contributed by atoms with van der Waals surface area (Å²) in [6.07, 6.45) is 0. The molecular formula is C21H24N3O3S+. The van der Waals surface area contributed by atoms with Gasteiger partial charge in [-0.05, 0) is 36.4 Å². The Balaban J connectivity index is 1.55. The van der Waals surface area contributed by atoms with Gasteiger partial charge in [-0.25, -0.2) is 4.98 Å². The minimum atomic E-state index is -0.0592. The summed E-state index contributed by atoms with van der Waals surface area (Å²) in [5.41, 5.74) is 2.94. The van der Waals surface area contributed by atoms with Crippen molar-refractivity contribution in [2.75, 3.05) is 33.1 Å². The first-order valence-electron chi connectivity index (χ1n) is 8.91. The predicted molar refractivity (Wildman–Crippen MR) is 111 cm³/mol. The first-order chi connectivity index (χ1) is 13.6. The molecule has 0 saturated heterocycles. The standard InChI is InChI=1S/C21H23N3O3S/c1-24(12-15-5-4-6-18(11-15)27-3)13-20(25)23-21-22-19(14-28-21)16-7-9-17(26-2)10-8-16/h4-11,14H,12-13H2,1-3H3,(H,22,23,25)/p+1. The van der Waals surface area contributed by atoms with Crippen LogP contribution in [0.3, 0.4) is 0 Å². The van der Waals surface area contributed by atoms with Crippen LogP contribution in [0.2, 0.25) is 0 Å². The van der Waals surface area contributed by atoms with Gasteiger partial charge in [0.1, 0.15) is 18.0 Å². The van der Waals surface area contributed by atoms with Crippen LogP contribution in [0.1, 0.15) is 5.56 Å². The van der Waals surface area contributed by atoms with Crippen LogP contribution in [0.5, 0.6) is 11.5 Å². The Morgan fingerprint density at radius 1 is 1.11 bits per heavy atom. The number of rotatable bonds is 8. The summed E-state index contributed by atoms with van der Waals surface area (Å²) in [7, 11) is 5.28. The first-order valence-corrected chi connectivity index (χ1v) is 9.79. The number of nitrogens with zero attached hydrogens (tertiary/aromatic N) is 1. The van der Waals surface area contributed by atoms with Crippen LogP contribution in [0.15, 0.2) is 53.9 Å². The van der Waals surface area contributed by atoms with Crippen molar-refractivity contribution in [3.63, 3.8) is 0 Å². The summed E-state index contributed by atoms with van der Waals surface area (Å²) in [6.45, 7) is 1.09. The minimum Gasteiger partial charge on any atom is -0.497 e. The van der Waals surface area contributed by atoms with E-state index in [1.165, 1.54) is 11.3 Å². The van der Waals surface area contributed by atoms with E-state index in [1.54, 1.807) is 14.2 Å². The van der Waals surface area contributed by atoms with Crippen LogP contribution in [0, 0.1) is 0 Å². The molecule has 1 unspecified atom stereocenters. The Labute approximate surface area is 168 Å². The zero-order valence-corrected chi connectivity index (χ0v) is 17.0. The maximum Gasteiger partial charge on any atom is 0.281 e. The van der Waals surface area contributed by atoms with Gasteiger partial charge in [-0.3, -0.25) is 10.1 Å². The summed E-state index contributed by atoms with van der Waals surface area (Å²) < 4.78 is 10.4. The number of anilines is 1. The number of quaternary nitrogens is 1. The highest BCUT2D eigenvalue weighted by atomic mass is 32.1. The fourth-order valence-electron chi connectivity index (χ4n) is 2.86. The topological polar surface area (TPSA) is 64.9 Å². The van der Waals surface area contributed by atoms with Crippen molar-refractivity contribution in [2.24, 2.45) is 0 Å². The number of thiazole rings is 1. The molecule has 0 spiro atoms. The molecule has 2 aromatic carbocycles. The molecule has 0 fully saturated rings. The highest BCUT2D eigenvalue weighted by molar-refractivity contribution is 7.14. The van der Waals surface area contributed by atoms with Crippen LogP contribution in [0.25, 0.3) is 11.3 Å². The Kier molecular flexibility index (Phi) is 6.62. The minimum absolute atomic E-state index is 0.0592. The zero-order valence-electron chi connectivity index (χ0n) is 16.2. The number of carbonyl (C=O) groups excluding carboxylic acids is 1. The molecule has 3 aromatic rings. The van der Waals surface area contributed by atoms with Gasteiger partial charge in [0.25, 0.3) is 5.91 Å². The third-order valence-corrected chi connectivity index (χ3v) is 5.00. The van der Waals surface area contributed by atoms with Gasteiger partial charge in [0.05, 0.1) is 27.0 Å². The number of amides is 1. The second kappa shape index (κ2) is 9.34. The SMILES string of the molecule is COc1ccc(-c2csc(NC(=O)C[NH+](C)Cc3cccc(OC)c3)n2)cc1. The second-order valence-electron chi connectivity index (χ2n) is 6.48. The highest BCUT2D eigenvalue weighted by Crippen LogP contribution is 2.26. The lowest BCUT2D eigenvalue weighted by Crippen LogP contribution is -3.08. The number of ether oxygens (including phenoxy) is 2. The molecule has 146 valence electrons. The summed E-state index contributed by atoms with van der Waals surface area (Å²) in [6, 6.07) is 15.6. The van der Waals surface area contributed by atoms with Crippen LogP contribution in [-0.4, -0.2) is 38.7 Å². The van der Waals surface area contributed by atoms with E-state index in [0.717, 1.165) is 39.8 Å². The number of carbonyl (C=O) groups is 1. The molecule has 1 aromatic heterocycles. The largest absolute Gasteiger partial charge is 0.497 e. The lowest BCUT2D eigenvalue weighted by Gasteiger charge is -2.13. The molecule has 0 aliphatic heterocycles. The number of benzene rings is 2. The van der Waals surface area contributed by atoms with Crippen molar-refractivity contribution in [2.45, 2.75) is 6.54 Å². The second-order valence-corrected chi connectivity index (χ2v) is 7.33. The molecule has 1 heterocycles. The van der Waals surface area contributed by atoms with Crippen LogP contribution in [0.4, 0.5) is 5.13 Å². The average molecular weight is 399 g/mol. The third kappa shape index (κ3) is 5.31. The molecule has 7 heteroatoms. The van der Waals surface area contributed by atoms with Gasteiger partial charge in [-0.1, -0.05) is 12.1 Å². The molecule has 0 radical (unpaired) electrons. The van der Waals surface area contributed by atoms with E-state index in [-0.39, 0.29) is 5.91 Å². The van der Waals surface area contributed by atoms with Gasteiger partial charge in [0.2, 0.25) is 0 Å². The normalized spacial score (nSPS) is 11.7. The van der Waals surface area contributed by atoms with E-state index in [2.05, 4.69) is 10.3 Å². The van der Waals surface area contributed by atoms with Crippen LogP contribution < -0.4 is 19.7 Å². The maximum absolute atomic E-state index is 12.4. The van der Waals surface area contributed by atoms with E-state index < -0.39 is 0 Å².